The average Bonchev–Trinajstić information content (AvgIpc) is 1.93. The van der Waals surface area contributed by atoms with Crippen molar-refractivity contribution >= 4 is 24.0 Å². The van der Waals surface area contributed by atoms with Crippen molar-refractivity contribution in [3.05, 3.63) is 34.3 Å². The van der Waals surface area contributed by atoms with Gasteiger partial charge in [-0.15, -0.1) is 12.4 Å². The van der Waals surface area contributed by atoms with Gasteiger partial charge in [-0.25, -0.2) is 0 Å². The van der Waals surface area contributed by atoms with Gasteiger partial charge in [-0.05, 0) is 37.1 Å². The Balaban J connectivity index is 0.000000845. The summed E-state index contributed by atoms with van der Waals surface area (Å²) in [5, 5.41) is 4.23. The highest BCUT2D eigenvalue weighted by molar-refractivity contribution is 6.31. The molecular formula is C10H13Cl2N. The fourth-order valence-corrected chi connectivity index (χ4v) is 1.59. The SMILES string of the molecule is Cc1ccc([C@H]2CCN2)cc1Cl.Cl. The first kappa shape index (κ1) is 10.8. The summed E-state index contributed by atoms with van der Waals surface area (Å²) in [6, 6.07) is 6.84. The fourth-order valence-electron chi connectivity index (χ4n) is 1.40. The molecule has 1 nitrogen and oxygen atoms in total. The topological polar surface area (TPSA) is 12.0 Å². The molecule has 3 heteroatoms. The van der Waals surface area contributed by atoms with E-state index in [0.29, 0.717) is 6.04 Å². The first-order chi connectivity index (χ1) is 5.77. The maximum atomic E-state index is 6.01. The second-order valence-corrected chi connectivity index (χ2v) is 3.71. The van der Waals surface area contributed by atoms with E-state index in [2.05, 4.69) is 23.5 Å². The van der Waals surface area contributed by atoms with E-state index in [-0.39, 0.29) is 12.4 Å². The maximum absolute atomic E-state index is 6.01. The van der Waals surface area contributed by atoms with Crippen molar-refractivity contribution < 1.29 is 0 Å². The van der Waals surface area contributed by atoms with Gasteiger partial charge in [0.15, 0.2) is 0 Å². The zero-order chi connectivity index (χ0) is 8.55. The molecular weight excluding hydrogens is 205 g/mol. The van der Waals surface area contributed by atoms with Crippen LogP contribution in [0.3, 0.4) is 0 Å². The van der Waals surface area contributed by atoms with Crippen molar-refractivity contribution in [2.45, 2.75) is 19.4 Å². The van der Waals surface area contributed by atoms with Gasteiger partial charge in [0.25, 0.3) is 0 Å². The molecule has 1 heterocycles. The third-order valence-corrected chi connectivity index (χ3v) is 2.83. The van der Waals surface area contributed by atoms with Crippen LogP contribution >= 0.6 is 24.0 Å². The van der Waals surface area contributed by atoms with Gasteiger partial charge >= 0.3 is 0 Å². The maximum Gasteiger partial charge on any atom is 0.0438 e. The molecule has 0 saturated carbocycles. The van der Waals surface area contributed by atoms with Crippen LogP contribution in [0.4, 0.5) is 0 Å². The number of aryl methyl sites for hydroxylation is 1. The van der Waals surface area contributed by atoms with Gasteiger partial charge in [0.1, 0.15) is 0 Å². The van der Waals surface area contributed by atoms with E-state index in [1.807, 2.05) is 6.92 Å². The van der Waals surface area contributed by atoms with Crippen LogP contribution in [-0.2, 0) is 0 Å². The van der Waals surface area contributed by atoms with Crippen LogP contribution in [0.25, 0.3) is 0 Å². The summed E-state index contributed by atoms with van der Waals surface area (Å²) in [5.41, 5.74) is 2.47. The van der Waals surface area contributed by atoms with Crippen LogP contribution in [-0.4, -0.2) is 6.54 Å². The minimum absolute atomic E-state index is 0. The lowest BCUT2D eigenvalue weighted by Crippen LogP contribution is -2.34. The van der Waals surface area contributed by atoms with Gasteiger partial charge < -0.3 is 5.32 Å². The van der Waals surface area contributed by atoms with E-state index < -0.39 is 0 Å². The Bertz CT molecular complexity index is 295. The van der Waals surface area contributed by atoms with E-state index in [4.69, 9.17) is 11.6 Å². The highest BCUT2D eigenvalue weighted by Gasteiger charge is 2.18. The van der Waals surface area contributed by atoms with Crippen molar-refractivity contribution in [2.75, 3.05) is 6.54 Å². The van der Waals surface area contributed by atoms with Crippen LogP contribution in [0, 0.1) is 6.92 Å². The molecule has 72 valence electrons. The van der Waals surface area contributed by atoms with Crippen LogP contribution in [0.1, 0.15) is 23.6 Å². The highest BCUT2D eigenvalue weighted by atomic mass is 35.5. The molecule has 13 heavy (non-hydrogen) atoms. The summed E-state index contributed by atoms with van der Waals surface area (Å²) < 4.78 is 0. The van der Waals surface area contributed by atoms with Crippen molar-refractivity contribution in [1.29, 1.82) is 0 Å². The van der Waals surface area contributed by atoms with E-state index in [0.717, 1.165) is 17.1 Å². The van der Waals surface area contributed by atoms with Gasteiger partial charge in [0.2, 0.25) is 0 Å². The van der Waals surface area contributed by atoms with Gasteiger partial charge in [-0.2, -0.15) is 0 Å². The molecule has 0 amide bonds. The monoisotopic (exact) mass is 217 g/mol. The Hall–Kier alpha value is -0.240. The Morgan fingerprint density at radius 2 is 2.15 bits per heavy atom. The number of nitrogens with one attached hydrogen (secondary N) is 1. The summed E-state index contributed by atoms with van der Waals surface area (Å²) in [4.78, 5) is 0. The molecule has 0 radical (unpaired) electrons. The van der Waals surface area contributed by atoms with E-state index >= 15 is 0 Å². The molecule has 1 saturated heterocycles. The summed E-state index contributed by atoms with van der Waals surface area (Å²) >= 11 is 6.01. The van der Waals surface area contributed by atoms with Crippen molar-refractivity contribution in [3.63, 3.8) is 0 Å². The molecule has 1 aliphatic heterocycles. The third-order valence-electron chi connectivity index (χ3n) is 2.42. The molecule has 1 aliphatic rings. The Labute approximate surface area is 89.9 Å². The predicted molar refractivity (Wildman–Crippen MR) is 58.8 cm³/mol. The first-order valence-corrected chi connectivity index (χ1v) is 4.64. The van der Waals surface area contributed by atoms with Crippen LogP contribution in [0.5, 0.6) is 0 Å². The largest absolute Gasteiger partial charge is 0.310 e. The molecule has 1 fully saturated rings. The minimum atomic E-state index is 0. The molecule has 0 aliphatic carbocycles. The number of hydrogen-bond acceptors (Lipinski definition) is 1. The molecule has 0 aromatic heterocycles. The molecule has 0 bridgehead atoms. The number of benzene rings is 1. The smallest absolute Gasteiger partial charge is 0.0438 e. The van der Waals surface area contributed by atoms with E-state index in [1.54, 1.807) is 0 Å². The number of hydrogen-bond donors (Lipinski definition) is 1. The first-order valence-electron chi connectivity index (χ1n) is 4.27. The van der Waals surface area contributed by atoms with Crippen LogP contribution in [0.2, 0.25) is 5.02 Å². The number of halogens is 2. The van der Waals surface area contributed by atoms with Gasteiger partial charge in [0, 0.05) is 11.1 Å². The third kappa shape index (κ3) is 2.16. The summed E-state index contributed by atoms with van der Waals surface area (Å²) in [6.07, 6.45) is 1.24. The molecule has 1 N–H and O–H groups in total. The summed E-state index contributed by atoms with van der Waals surface area (Å²) in [7, 11) is 0. The van der Waals surface area contributed by atoms with Crippen molar-refractivity contribution in [2.24, 2.45) is 0 Å². The summed E-state index contributed by atoms with van der Waals surface area (Å²) in [5.74, 6) is 0. The average molecular weight is 218 g/mol. The second-order valence-electron chi connectivity index (χ2n) is 3.30. The molecule has 1 aromatic carbocycles. The molecule has 1 aromatic rings. The molecule has 1 atom stereocenters. The second kappa shape index (κ2) is 4.32. The van der Waals surface area contributed by atoms with Crippen LogP contribution < -0.4 is 5.32 Å². The lowest BCUT2D eigenvalue weighted by atomic mass is 9.97. The zero-order valence-electron chi connectivity index (χ0n) is 7.51. The Morgan fingerprint density at radius 3 is 2.62 bits per heavy atom. The van der Waals surface area contributed by atoms with Crippen molar-refractivity contribution in [1.82, 2.24) is 5.32 Å². The zero-order valence-corrected chi connectivity index (χ0v) is 9.08. The van der Waals surface area contributed by atoms with Gasteiger partial charge in [-0.1, -0.05) is 23.7 Å². The van der Waals surface area contributed by atoms with Crippen LogP contribution in [0.15, 0.2) is 18.2 Å². The highest BCUT2D eigenvalue weighted by Crippen LogP contribution is 2.26. The van der Waals surface area contributed by atoms with Gasteiger partial charge in [-0.3, -0.25) is 0 Å². The van der Waals surface area contributed by atoms with E-state index in [9.17, 15) is 0 Å². The Kier molecular flexibility index (Phi) is 3.60. The van der Waals surface area contributed by atoms with E-state index in [1.165, 1.54) is 12.0 Å². The van der Waals surface area contributed by atoms with Crippen molar-refractivity contribution in [3.8, 4) is 0 Å². The molecule has 2 rings (SSSR count). The standard InChI is InChI=1S/C10H12ClN.ClH/c1-7-2-3-8(6-9(7)11)10-4-5-12-10;/h2-3,6,10,12H,4-5H2,1H3;1H/t10-;/m1./s1. The Morgan fingerprint density at radius 1 is 1.46 bits per heavy atom. The van der Waals surface area contributed by atoms with Gasteiger partial charge in [0.05, 0.1) is 0 Å². The lowest BCUT2D eigenvalue weighted by Gasteiger charge is -2.28. The minimum Gasteiger partial charge on any atom is -0.310 e. The fraction of sp³-hybridized carbons (Fsp3) is 0.400. The normalized spacial score (nSPS) is 20.3. The molecule has 0 spiro atoms. The molecule has 0 unspecified atom stereocenters. The predicted octanol–water partition coefficient (Wildman–Crippen LogP) is 3.10. The summed E-state index contributed by atoms with van der Waals surface area (Å²) in [6.45, 7) is 3.16. The quantitative estimate of drug-likeness (QED) is 0.763. The number of rotatable bonds is 1. The lowest BCUT2D eigenvalue weighted by molar-refractivity contribution is 0.383.